The van der Waals surface area contributed by atoms with Gasteiger partial charge in [-0.25, -0.2) is 0 Å². The molecule has 0 heterocycles. The molecule has 0 saturated carbocycles. The molecule has 1 rings (SSSR count). The highest BCUT2D eigenvalue weighted by Gasteiger charge is 2.17. The van der Waals surface area contributed by atoms with E-state index >= 15 is 0 Å². The van der Waals surface area contributed by atoms with Crippen LogP contribution in [-0.4, -0.2) is 50.6 Å². The maximum Gasteiger partial charge on any atom is 0.255 e. The molecule has 6 heteroatoms. The van der Waals surface area contributed by atoms with Crippen molar-refractivity contribution in [2.45, 2.75) is 6.92 Å². The largest absolute Gasteiger partial charge is 0.383 e. The monoisotopic (exact) mass is 342 g/mol. The molecule has 0 spiro atoms. The van der Waals surface area contributed by atoms with E-state index in [9.17, 15) is 9.59 Å². The van der Waals surface area contributed by atoms with Gasteiger partial charge in [0.15, 0.2) is 0 Å². The fraction of sp³-hybridized carbons (Fsp3) is 0.429. The maximum atomic E-state index is 12.3. The molecule has 1 aromatic carbocycles. The Labute approximate surface area is 127 Å². The average Bonchev–Trinajstić information content (AvgIpc) is 2.41. The fourth-order valence-electron chi connectivity index (χ4n) is 1.65. The number of ether oxygens (including phenoxy) is 1. The number of nitrogens with zero attached hydrogens (tertiary/aromatic N) is 1. The smallest absolute Gasteiger partial charge is 0.255 e. The van der Waals surface area contributed by atoms with Crippen molar-refractivity contribution in [2.24, 2.45) is 0 Å². The van der Waals surface area contributed by atoms with Crippen LogP contribution in [0.2, 0.25) is 0 Å². The molecule has 0 fully saturated rings. The van der Waals surface area contributed by atoms with Crippen LogP contribution in [0.3, 0.4) is 0 Å². The fourth-order valence-corrected chi connectivity index (χ4v) is 2.09. The second kappa shape index (κ2) is 8.01. The molecular formula is C14H19BrN2O3. The highest BCUT2D eigenvalue weighted by molar-refractivity contribution is 9.10. The minimum absolute atomic E-state index is 0.0168. The third-order valence-corrected chi connectivity index (χ3v) is 3.83. The summed E-state index contributed by atoms with van der Waals surface area (Å²) < 4.78 is 5.60. The molecule has 0 radical (unpaired) electrons. The Morgan fingerprint density at radius 2 is 2.10 bits per heavy atom. The average molecular weight is 343 g/mol. The summed E-state index contributed by atoms with van der Waals surface area (Å²) in [5.41, 5.74) is 1.53. The molecule has 2 amide bonds. The summed E-state index contributed by atoms with van der Waals surface area (Å²) in [5, 5.41) is 2.68. The third-order valence-electron chi connectivity index (χ3n) is 2.78. The molecular weight excluding hydrogens is 324 g/mol. The summed E-state index contributed by atoms with van der Waals surface area (Å²) in [4.78, 5) is 25.3. The number of hydrogen-bond donors (Lipinski definition) is 1. The lowest BCUT2D eigenvalue weighted by Gasteiger charge is -2.18. The van der Waals surface area contributed by atoms with Gasteiger partial charge < -0.3 is 15.0 Å². The first-order valence-electron chi connectivity index (χ1n) is 6.23. The number of methoxy groups -OCH3 is 1. The van der Waals surface area contributed by atoms with Crippen molar-refractivity contribution in [2.75, 3.05) is 33.9 Å². The van der Waals surface area contributed by atoms with Gasteiger partial charge >= 0.3 is 0 Å². The van der Waals surface area contributed by atoms with E-state index < -0.39 is 0 Å². The number of amides is 2. The van der Waals surface area contributed by atoms with E-state index in [0.29, 0.717) is 18.7 Å². The van der Waals surface area contributed by atoms with Gasteiger partial charge in [-0.1, -0.05) is 12.1 Å². The first-order valence-corrected chi connectivity index (χ1v) is 7.03. The van der Waals surface area contributed by atoms with Gasteiger partial charge in [-0.2, -0.15) is 0 Å². The topological polar surface area (TPSA) is 58.6 Å². The molecule has 0 bridgehead atoms. The van der Waals surface area contributed by atoms with Gasteiger partial charge in [0.25, 0.3) is 5.91 Å². The quantitative estimate of drug-likeness (QED) is 0.798. The summed E-state index contributed by atoms with van der Waals surface area (Å²) in [6.45, 7) is 2.82. The van der Waals surface area contributed by atoms with Gasteiger partial charge in [-0.3, -0.25) is 9.59 Å². The lowest BCUT2D eigenvalue weighted by molar-refractivity contribution is -0.121. The number of hydrogen-bond acceptors (Lipinski definition) is 3. The SMILES string of the molecule is COCCNC(=O)CN(C)C(=O)c1cccc(C)c1Br. The van der Waals surface area contributed by atoms with Crippen LogP contribution in [0.25, 0.3) is 0 Å². The van der Waals surface area contributed by atoms with E-state index in [1.807, 2.05) is 19.1 Å². The second-order valence-electron chi connectivity index (χ2n) is 4.44. The van der Waals surface area contributed by atoms with Crippen LogP contribution in [-0.2, 0) is 9.53 Å². The number of aryl methyl sites for hydroxylation is 1. The molecule has 20 heavy (non-hydrogen) atoms. The standard InChI is InChI=1S/C14H19BrN2O3/c1-10-5-4-6-11(13(10)15)14(19)17(2)9-12(18)16-7-8-20-3/h4-6H,7-9H2,1-3H3,(H,16,18). The Morgan fingerprint density at radius 3 is 2.75 bits per heavy atom. The van der Waals surface area contributed by atoms with E-state index in [4.69, 9.17) is 4.74 Å². The number of halogens is 1. The predicted octanol–water partition coefficient (Wildman–Crippen LogP) is 1.59. The van der Waals surface area contributed by atoms with Crippen LogP contribution >= 0.6 is 15.9 Å². The normalized spacial score (nSPS) is 10.2. The van der Waals surface area contributed by atoms with E-state index in [-0.39, 0.29) is 18.4 Å². The molecule has 0 aliphatic carbocycles. The number of rotatable bonds is 6. The lowest BCUT2D eigenvalue weighted by atomic mass is 10.1. The lowest BCUT2D eigenvalue weighted by Crippen LogP contribution is -2.39. The first kappa shape index (κ1) is 16.7. The molecule has 1 N–H and O–H groups in total. The van der Waals surface area contributed by atoms with Crippen LogP contribution in [0.5, 0.6) is 0 Å². The van der Waals surface area contributed by atoms with Crippen LogP contribution < -0.4 is 5.32 Å². The number of carbonyl (C=O) groups is 2. The Bertz CT molecular complexity index is 491. The number of benzene rings is 1. The molecule has 5 nitrogen and oxygen atoms in total. The molecule has 0 saturated heterocycles. The Kier molecular flexibility index (Phi) is 6.67. The third kappa shape index (κ3) is 4.61. The molecule has 0 aliphatic rings. The summed E-state index contributed by atoms with van der Waals surface area (Å²) in [6.07, 6.45) is 0. The Balaban J connectivity index is 2.63. The van der Waals surface area contributed by atoms with Crippen molar-refractivity contribution >= 4 is 27.7 Å². The van der Waals surface area contributed by atoms with E-state index in [1.165, 1.54) is 4.90 Å². The van der Waals surface area contributed by atoms with Gasteiger partial charge in [-0.05, 0) is 34.5 Å². The van der Waals surface area contributed by atoms with E-state index in [0.717, 1.165) is 10.0 Å². The zero-order chi connectivity index (χ0) is 15.1. The van der Waals surface area contributed by atoms with Crippen molar-refractivity contribution in [3.05, 3.63) is 33.8 Å². The number of carbonyl (C=O) groups excluding carboxylic acids is 2. The molecule has 0 unspecified atom stereocenters. The summed E-state index contributed by atoms with van der Waals surface area (Å²) in [7, 11) is 3.17. The zero-order valence-corrected chi connectivity index (χ0v) is 13.5. The second-order valence-corrected chi connectivity index (χ2v) is 5.23. The highest BCUT2D eigenvalue weighted by Crippen LogP contribution is 2.22. The van der Waals surface area contributed by atoms with Gasteiger partial charge in [0.2, 0.25) is 5.91 Å². The van der Waals surface area contributed by atoms with Gasteiger partial charge in [-0.15, -0.1) is 0 Å². The van der Waals surface area contributed by atoms with Crippen molar-refractivity contribution < 1.29 is 14.3 Å². The molecule has 0 aliphatic heterocycles. The Hall–Kier alpha value is -1.40. The molecule has 1 aromatic rings. The predicted molar refractivity (Wildman–Crippen MR) is 80.7 cm³/mol. The van der Waals surface area contributed by atoms with Crippen LogP contribution in [0, 0.1) is 6.92 Å². The van der Waals surface area contributed by atoms with Crippen molar-refractivity contribution in [3.8, 4) is 0 Å². The van der Waals surface area contributed by atoms with E-state index in [1.54, 1.807) is 20.2 Å². The minimum Gasteiger partial charge on any atom is -0.383 e. The van der Waals surface area contributed by atoms with Crippen molar-refractivity contribution in [3.63, 3.8) is 0 Å². The summed E-state index contributed by atoms with van der Waals surface area (Å²) >= 11 is 3.40. The van der Waals surface area contributed by atoms with Crippen LogP contribution in [0.1, 0.15) is 15.9 Å². The van der Waals surface area contributed by atoms with Gasteiger partial charge in [0.05, 0.1) is 18.7 Å². The zero-order valence-electron chi connectivity index (χ0n) is 11.9. The van der Waals surface area contributed by atoms with E-state index in [2.05, 4.69) is 21.2 Å². The number of likely N-dealkylation sites (N-methyl/N-ethyl adjacent to an activating group) is 1. The first-order chi connectivity index (χ1) is 9.47. The summed E-state index contributed by atoms with van der Waals surface area (Å²) in [6, 6.07) is 5.47. The van der Waals surface area contributed by atoms with Gasteiger partial charge in [0, 0.05) is 25.2 Å². The van der Waals surface area contributed by atoms with Crippen LogP contribution in [0.15, 0.2) is 22.7 Å². The highest BCUT2D eigenvalue weighted by atomic mass is 79.9. The summed E-state index contributed by atoms with van der Waals surface area (Å²) in [5.74, 6) is -0.399. The maximum absolute atomic E-state index is 12.3. The Morgan fingerprint density at radius 1 is 1.40 bits per heavy atom. The van der Waals surface area contributed by atoms with Crippen LogP contribution in [0.4, 0.5) is 0 Å². The van der Waals surface area contributed by atoms with Crippen molar-refractivity contribution in [1.29, 1.82) is 0 Å². The van der Waals surface area contributed by atoms with Crippen molar-refractivity contribution in [1.82, 2.24) is 10.2 Å². The minimum atomic E-state index is -0.207. The molecule has 110 valence electrons. The van der Waals surface area contributed by atoms with Gasteiger partial charge in [0.1, 0.15) is 0 Å². The molecule has 0 aromatic heterocycles. The molecule has 0 atom stereocenters. The number of nitrogens with one attached hydrogen (secondary N) is 1.